The molecule has 102 valence electrons. The Morgan fingerprint density at radius 3 is 2.89 bits per heavy atom. The van der Waals surface area contributed by atoms with Crippen molar-refractivity contribution in [2.45, 2.75) is 39.8 Å². The number of hydrogen-bond donors (Lipinski definition) is 1. The molecular formula is C13H23N3O2. The Hall–Kier alpha value is -1.20. The molecule has 1 rings (SSSR count). The van der Waals surface area contributed by atoms with Crippen molar-refractivity contribution in [1.82, 2.24) is 15.3 Å². The van der Waals surface area contributed by atoms with Gasteiger partial charge in [0.2, 0.25) is 5.88 Å². The van der Waals surface area contributed by atoms with Gasteiger partial charge in [-0.25, -0.2) is 4.98 Å². The van der Waals surface area contributed by atoms with Crippen LogP contribution in [0.15, 0.2) is 6.20 Å². The van der Waals surface area contributed by atoms with Gasteiger partial charge in [0.25, 0.3) is 0 Å². The van der Waals surface area contributed by atoms with Crippen molar-refractivity contribution in [2.24, 2.45) is 0 Å². The van der Waals surface area contributed by atoms with E-state index in [9.17, 15) is 0 Å². The lowest BCUT2D eigenvalue weighted by Gasteiger charge is -2.16. The Balaban J connectivity index is 2.69. The highest BCUT2D eigenvalue weighted by Gasteiger charge is 2.10. The van der Waals surface area contributed by atoms with Crippen LogP contribution >= 0.6 is 0 Å². The van der Waals surface area contributed by atoms with Gasteiger partial charge in [-0.05, 0) is 26.8 Å². The van der Waals surface area contributed by atoms with E-state index in [2.05, 4.69) is 22.2 Å². The largest absolute Gasteiger partial charge is 0.472 e. The number of aryl methyl sites for hydroxylation is 1. The molecule has 5 nitrogen and oxygen atoms in total. The second-order valence-electron chi connectivity index (χ2n) is 4.31. The van der Waals surface area contributed by atoms with Crippen molar-refractivity contribution in [1.29, 1.82) is 0 Å². The van der Waals surface area contributed by atoms with Crippen LogP contribution in [0, 0.1) is 6.92 Å². The first-order valence-electron chi connectivity index (χ1n) is 6.36. The van der Waals surface area contributed by atoms with Crippen molar-refractivity contribution in [3.05, 3.63) is 17.6 Å². The fraction of sp³-hybridized carbons (Fsp3) is 0.692. The second-order valence-corrected chi connectivity index (χ2v) is 4.31. The lowest BCUT2D eigenvalue weighted by Crippen LogP contribution is -2.21. The van der Waals surface area contributed by atoms with Crippen molar-refractivity contribution in [3.63, 3.8) is 0 Å². The Kier molecular flexibility index (Phi) is 6.60. The summed E-state index contributed by atoms with van der Waals surface area (Å²) in [5.41, 5.74) is 0.983. The van der Waals surface area contributed by atoms with E-state index in [0.29, 0.717) is 18.3 Å². The van der Waals surface area contributed by atoms with Gasteiger partial charge in [0.1, 0.15) is 11.9 Å². The van der Waals surface area contributed by atoms with E-state index in [1.807, 2.05) is 20.0 Å². The Bertz CT molecular complexity index is 358. The monoisotopic (exact) mass is 253 g/mol. The van der Waals surface area contributed by atoms with Crippen LogP contribution < -0.4 is 10.1 Å². The van der Waals surface area contributed by atoms with Crippen molar-refractivity contribution >= 4 is 0 Å². The van der Waals surface area contributed by atoms with Gasteiger partial charge in [-0.15, -0.1) is 0 Å². The van der Waals surface area contributed by atoms with Crippen LogP contribution in [-0.2, 0) is 11.3 Å². The van der Waals surface area contributed by atoms with Crippen LogP contribution in [0.2, 0.25) is 0 Å². The van der Waals surface area contributed by atoms with Crippen molar-refractivity contribution in [3.8, 4) is 5.88 Å². The van der Waals surface area contributed by atoms with E-state index in [1.54, 1.807) is 7.11 Å². The maximum atomic E-state index is 5.78. The van der Waals surface area contributed by atoms with Crippen LogP contribution in [0.1, 0.15) is 31.7 Å². The third-order valence-electron chi connectivity index (χ3n) is 2.40. The number of rotatable bonds is 8. The fourth-order valence-corrected chi connectivity index (χ4v) is 1.56. The first-order valence-corrected chi connectivity index (χ1v) is 6.36. The van der Waals surface area contributed by atoms with Crippen molar-refractivity contribution in [2.75, 3.05) is 20.3 Å². The summed E-state index contributed by atoms with van der Waals surface area (Å²) in [6.07, 6.45) is 2.90. The number of hydrogen-bond acceptors (Lipinski definition) is 5. The fourth-order valence-electron chi connectivity index (χ4n) is 1.56. The SMILES string of the molecule is CCCNCc1cnc(C)nc1OC(C)COC. The number of nitrogens with one attached hydrogen (secondary N) is 1. The van der Waals surface area contributed by atoms with Crippen LogP contribution in [0.5, 0.6) is 5.88 Å². The molecule has 0 fully saturated rings. The summed E-state index contributed by atoms with van der Waals surface area (Å²) >= 11 is 0. The third kappa shape index (κ3) is 4.98. The van der Waals surface area contributed by atoms with Crippen LogP contribution in [0.3, 0.4) is 0 Å². The predicted octanol–water partition coefficient (Wildman–Crippen LogP) is 1.70. The normalized spacial score (nSPS) is 12.4. The zero-order chi connectivity index (χ0) is 13.4. The summed E-state index contributed by atoms with van der Waals surface area (Å²) < 4.78 is 10.8. The summed E-state index contributed by atoms with van der Waals surface area (Å²) in [5, 5.41) is 3.33. The molecule has 1 N–H and O–H groups in total. The van der Waals surface area contributed by atoms with E-state index in [1.165, 1.54) is 0 Å². The molecule has 1 heterocycles. The molecule has 0 aliphatic carbocycles. The average Bonchev–Trinajstić information content (AvgIpc) is 2.32. The van der Waals surface area contributed by atoms with E-state index in [-0.39, 0.29) is 6.10 Å². The maximum absolute atomic E-state index is 5.78. The maximum Gasteiger partial charge on any atom is 0.221 e. The number of ether oxygens (including phenoxy) is 2. The number of nitrogens with zero attached hydrogens (tertiary/aromatic N) is 2. The molecule has 1 atom stereocenters. The summed E-state index contributed by atoms with van der Waals surface area (Å²) in [5.74, 6) is 1.37. The smallest absolute Gasteiger partial charge is 0.221 e. The molecule has 5 heteroatoms. The van der Waals surface area contributed by atoms with Gasteiger partial charge in [0.15, 0.2) is 0 Å². The summed E-state index contributed by atoms with van der Waals surface area (Å²) in [6.45, 7) is 8.20. The Morgan fingerprint density at radius 1 is 1.44 bits per heavy atom. The summed E-state index contributed by atoms with van der Waals surface area (Å²) in [4.78, 5) is 8.55. The standard InChI is InChI=1S/C13H23N3O2/c1-5-6-14-7-12-8-15-11(3)16-13(12)18-10(2)9-17-4/h8,10,14H,5-7,9H2,1-4H3. The lowest BCUT2D eigenvalue weighted by molar-refractivity contribution is 0.0879. The molecule has 0 aromatic carbocycles. The van der Waals surface area contributed by atoms with Gasteiger partial charge < -0.3 is 14.8 Å². The first kappa shape index (κ1) is 14.9. The average molecular weight is 253 g/mol. The summed E-state index contributed by atoms with van der Waals surface area (Å²) in [7, 11) is 1.66. The highest BCUT2D eigenvalue weighted by molar-refractivity contribution is 5.23. The second kappa shape index (κ2) is 8.00. The zero-order valence-electron chi connectivity index (χ0n) is 11.7. The van der Waals surface area contributed by atoms with Gasteiger partial charge in [-0.1, -0.05) is 6.92 Å². The van der Waals surface area contributed by atoms with E-state index in [0.717, 1.165) is 25.1 Å². The molecule has 0 amide bonds. The molecule has 0 aliphatic heterocycles. The van der Waals surface area contributed by atoms with Gasteiger partial charge in [-0.2, -0.15) is 4.98 Å². The van der Waals surface area contributed by atoms with E-state index in [4.69, 9.17) is 9.47 Å². The minimum Gasteiger partial charge on any atom is -0.472 e. The molecule has 0 bridgehead atoms. The van der Waals surface area contributed by atoms with Crippen LogP contribution in [0.4, 0.5) is 0 Å². The molecule has 1 aromatic heterocycles. The number of aromatic nitrogens is 2. The predicted molar refractivity (Wildman–Crippen MR) is 70.7 cm³/mol. The van der Waals surface area contributed by atoms with Gasteiger partial charge in [0.05, 0.1) is 6.61 Å². The third-order valence-corrected chi connectivity index (χ3v) is 2.40. The van der Waals surface area contributed by atoms with E-state index < -0.39 is 0 Å². The minimum absolute atomic E-state index is 0.0192. The van der Waals surface area contributed by atoms with Crippen LogP contribution in [0.25, 0.3) is 0 Å². The van der Waals surface area contributed by atoms with Gasteiger partial charge >= 0.3 is 0 Å². The molecule has 0 spiro atoms. The van der Waals surface area contributed by atoms with Crippen LogP contribution in [-0.4, -0.2) is 36.3 Å². The Morgan fingerprint density at radius 2 is 2.22 bits per heavy atom. The summed E-state index contributed by atoms with van der Waals surface area (Å²) in [6, 6.07) is 0. The highest BCUT2D eigenvalue weighted by Crippen LogP contribution is 2.16. The molecule has 1 aromatic rings. The molecule has 1 unspecified atom stereocenters. The molecule has 0 radical (unpaired) electrons. The number of methoxy groups -OCH3 is 1. The Labute approximate surface area is 109 Å². The molecule has 0 aliphatic rings. The molecule has 0 saturated carbocycles. The van der Waals surface area contributed by atoms with Gasteiger partial charge in [0, 0.05) is 25.4 Å². The zero-order valence-corrected chi connectivity index (χ0v) is 11.7. The highest BCUT2D eigenvalue weighted by atomic mass is 16.5. The molecule has 18 heavy (non-hydrogen) atoms. The molecule has 0 saturated heterocycles. The topological polar surface area (TPSA) is 56.3 Å². The lowest BCUT2D eigenvalue weighted by atomic mass is 10.3. The first-order chi connectivity index (χ1) is 8.67. The van der Waals surface area contributed by atoms with Crippen molar-refractivity contribution < 1.29 is 9.47 Å². The minimum atomic E-state index is -0.0192. The van der Waals surface area contributed by atoms with E-state index >= 15 is 0 Å². The quantitative estimate of drug-likeness (QED) is 0.715. The van der Waals surface area contributed by atoms with Gasteiger partial charge in [-0.3, -0.25) is 0 Å². The molecular weight excluding hydrogens is 230 g/mol.